The highest BCUT2D eigenvalue weighted by Crippen LogP contribution is 2.34. The van der Waals surface area contributed by atoms with Crippen LogP contribution in [0.15, 0.2) is 35.7 Å². The smallest absolute Gasteiger partial charge is 0.229 e. The summed E-state index contributed by atoms with van der Waals surface area (Å²) >= 11 is 0. The van der Waals surface area contributed by atoms with Crippen LogP contribution in [0.1, 0.15) is 24.5 Å². The van der Waals surface area contributed by atoms with Gasteiger partial charge >= 0.3 is 0 Å². The maximum atomic E-state index is 13.1. The van der Waals surface area contributed by atoms with E-state index in [9.17, 15) is 16.8 Å². The Balaban J connectivity index is 2.54. The molecule has 0 aromatic heterocycles. The topological polar surface area (TPSA) is 71.5 Å². The van der Waals surface area contributed by atoms with Crippen molar-refractivity contribution < 1.29 is 16.8 Å². The Bertz CT molecular complexity index is 828. The molecule has 1 aromatic carbocycles. The maximum absolute atomic E-state index is 13.1. The Hall–Kier alpha value is -1.18. The van der Waals surface area contributed by atoms with E-state index < -0.39 is 25.4 Å². The third-order valence-electron chi connectivity index (χ3n) is 4.28. The van der Waals surface area contributed by atoms with Gasteiger partial charge in [0.1, 0.15) is 0 Å². The van der Waals surface area contributed by atoms with Gasteiger partial charge in [-0.3, -0.25) is 0 Å². The lowest BCUT2D eigenvalue weighted by molar-refractivity contribution is 0.252. The predicted molar refractivity (Wildman–Crippen MR) is 91.7 cm³/mol. The Morgan fingerprint density at radius 1 is 1.35 bits per heavy atom. The van der Waals surface area contributed by atoms with E-state index in [4.69, 9.17) is 0 Å². The molecule has 0 radical (unpaired) electrons. The quantitative estimate of drug-likeness (QED) is 0.756. The first-order valence-electron chi connectivity index (χ1n) is 7.43. The lowest BCUT2D eigenvalue weighted by Gasteiger charge is -2.36. The van der Waals surface area contributed by atoms with E-state index in [0.717, 1.165) is 5.56 Å². The highest BCUT2D eigenvalue weighted by atomic mass is 32.2. The molecule has 5 nitrogen and oxygen atoms in total. The van der Waals surface area contributed by atoms with Gasteiger partial charge in [0.05, 0.1) is 16.4 Å². The fourth-order valence-electron chi connectivity index (χ4n) is 3.12. The number of sulfonamides is 1. The fourth-order valence-corrected chi connectivity index (χ4v) is 7.33. The molecule has 1 aliphatic rings. The maximum Gasteiger partial charge on any atom is 0.244 e. The van der Waals surface area contributed by atoms with Crippen LogP contribution < -0.4 is 0 Å². The van der Waals surface area contributed by atoms with Gasteiger partial charge in [-0.1, -0.05) is 23.8 Å². The van der Waals surface area contributed by atoms with E-state index in [2.05, 4.69) is 6.58 Å². The summed E-state index contributed by atoms with van der Waals surface area (Å²) in [6, 6.07) is 5.15. The van der Waals surface area contributed by atoms with Crippen LogP contribution in [0, 0.1) is 13.8 Å². The number of benzene rings is 1. The minimum Gasteiger partial charge on any atom is -0.229 e. The molecule has 0 amide bonds. The van der Waals surface area contributed by atoms with Crippen LogP contribution in [0.2, 0.25) is 0 Å². The lowest BCUT2D eigenvalue weighted by Crippen LogP contribution is -2.50. The van der Waals surface area contributed by atoms with Crippen molar-refractivity contribution in [3.8, 4) is 0 Å². The number of hydrogen-bond acceptors (Lipinski definition) is 4. The van der Waals surface area contributed by atoms with Crippen LogP contribution >= 0.6 is 0 Å². The van der Waals surface area contributed by atoms with Gasteiger partial charge in [0.2, 0.25) is 10.0 Å². The molecule has 1 atom stereocenters. The second-order valence-electron chi connectivity index (χ2n) is 6.43. The summed E-state index contributed by atoms with van der Waals surface area (Å²) in [5.74, 6) is -0.141. The molecule has 0 N–H and O–H groups in total. The minimum absolute atomic E-state index is 0.0134. The zero-order valence-corrected chi connectivity index (χ0v) is 15.4. The Kier molecular flexibility index (Phi) is 4.76. The van der Waals surface area contributed by atoms with Crippen molar-refractivity contribution >= 4 is 19.9 Å². The fraction of sp³-hybridized carbons (Fsp3) is 0.500. The van der Waals surface area contributed by atoms with Crippen molar-refractivity contribution in [3.63, 3.8) is 0 Å². The average molecular weight is 357 g/mol. The van der Waals surface area contributed by atoms with E-state index >= 15 is 0 Å². The van der Waals surface area contributed by atoms with E-state index in [1.807, 2.05) is 13.0 Å². The van der Waals surface area contributed by atoms with Gasteiger partial charge in [0.15, 0.2) is 9.84 Å². The summed E-state index contributed by atoms with van der Waals surface area (Å²) in [7, 11) is -7.02. The van der Waals surface area contributed by atoms with E-state index in [-0.39, 0.29) is 22.9 Å². The summed E-state index contributed by atoms with van der Waals surface area (Å²) in [6.07, 6.45) is 1.80. The average Bonchev–Trinajstić information content (AvgIpc) is 2.70. The summed E-state index contributed by atoms with van der Waals surface area (Å²) in [6.45, 7) is 9.06. The third-order valence-corrected chi connectivity index (χ3v) is 8.35. The summed E-state index contributed by atoms with van der Waals surface area (Å²) in [4.78, 5) is 0.218. The van der Waals surface area contributed by atoms with Gasteiger partial charge in [-0.2, -0.15) is 4.31 Å². The SMILES string of the molecule is C=CCN([C@@]1(C)CCS(=O)(=O)C1)S(=O)(=O)c1ccc(C)cc1C. The zero-order chi connectivity index (χ0) is 17.5. The molecular formula is C16H23NO4S2. The van der Waals surface area contributed by atoms with Crippen molar-refractivity contribution in [3.05, 3.63) is 42.0 Å². The largest absolute Gasteiger partial charge is 0.244 e. The van der Waals surface area contributed by atoms with E-state index in [1.54, 1.807) is 26.0 Å². The van der Waals surface area contributed by atoms with Crippen LogP contribution in [-0.2, 0) is 19.9 Å². The van der Waals surface area contributed by atoms with Gasteiger partial charge in [0.25, 0.3) is 0 Å². The van der Waals surface area contributed by atoms with Crippen molar-refractivity contribution in [2.24, 2.45) is 0 Å². The Morgan fingerprint density at radius 2 is 2.00 bits per heavy atom. The molecule has 0 spiro atoms. The summed E-state index contributed by atoms with van der Waals surface area (Å²) in [5.41, 5.74) is 0.693. The standard InChI is InChI=1S/C16H23NO4S2/c1-5-9-17(16(4)8-10-22(18,19)12-16)23(20,21)15-7-6-13(2)11-14(15)3/h5-7,11H,1,8-10,12H2,2-4H3/t16-/m0/s1. The minimum atomic E-state index is -3.81. The molecule has 1 saturated heterocycles. The van der Waals surface area contributed by atoms with Crippen LogP contribution in [0.25, 0.3) is 0 Å². The van der Waals surface area contributed by atoms with Gasteiger partial charge in [-0.15, -0.1) is 6.58 Å². The monoisotopic (exact) mass is 357 g/mol. The first kappa shape index (κ1) is 18.2. The highest BCUT2D eigenvalue weighted by molar-refractivity contribution is 7.92. The highest BCUT2D eigenvalue weighted by Gasteiger charge is 2.47. The molecule has 1 fully saturated rings. The van der Waals surface area contributed by atoms with E-state index in [1.165, 1.54) is 10.4 Å². The molecule has 0 saturated carbocycles. The molecule has 0 aliphatic carbocycles. The van der Waals surface area contributed by atoms with Gasteiger partial charge < -0.3 is 0 Å². The normalized spacial score (nSPS) is 24.0. The molecule has 1 aromatic rings. The molecule has 23 heavy (non-hydrogen) atoms. The van der Waals surface area contributed by atoms with Crippen molar-refractivity contribution in [1.29, 1.82) is 0 Å². The predicted octanol–water partition coefficient (Wildman–Crippen LogP) is 2.06. The Labute approximate surface area is 139 Å². The van der Waals surface area contributed by atoms with Gasteiger partial charge in [-0.05, 0) is 38.8 Å². The van der Waals surface area contributed by atoms with Crippen LogP contribution in [0.4, 0.5) is 0 Å². The first-order valence-corrected chi connectivity index (χ1v) is 10.7. The van der Waals surface area contributed by atoms with Crippen LogP contribution in [0.3, 0.4) is 0 Å². The van der Waals surface area contributed by atoms with Crippen molar-refractivity contribution in [1.82, 2.24) is 4.31 Å². The van der Waals surface area contributed by atoms with Crippen LogP contribution in [0.5, 0.6) is 0 Å². The molecule has 1 aliphatic heterocycles. The summed E-state index contributed by atoms with van der Waals surface area (Å²) < 4.78 is 51.3. The number of rotatable bonds is 5. The van der Waals surface area contributed by atoms with Crippen molar-refractivity contribution in [2.75, 3.05) is 18.1 Å². The zero-order valence-electron chi connectivity index (χ0n) is 13.7. The molecule has 0 unspecified atom stereocenters. The number of sulfone groups is 1. The molecule has 0 bridgehead atoms. The van der Waals surface area contributed by atoms with Crippen LogP contribution in [-0.4, -0.2) is 44.7 Å². The van der Waals surface area contributed by atoms with E-state index in [0.29, 0.717) is 12.0 Å². The first-order chi connectivity index (χ1) is 10.5. The molecule has 128 valence electrons. The second-order valence-corrected chi connectivity index (χ2v) is 10.4. The number of nitrogens with zero attached hydrogens (tertiary/aromatic N) is 1. The molecular weight excluding hydrogens is 334 g/mol. The number of hydrogen-bond donors (Lipinski definition) is 0. The number of aryl methyl sites for hydroxylation is 2. The van der Waals surface area contributed by atoms with Gasteiger partial charge in [-0.25, -0.2) is 16.8 Å². The van der Waals surface area contributed by atoms with Crippen molar-refractivity contribution in [2.45, 2.75) is 37.6 Å². The summed E-state index contributed by atoms with van der Waals surface area (Å²) in [5, 5.41) is 0. The third kappa shape index (κ3) is 3.51. The molecule has 1 heterocycles. The second kappa shape index (κ2) is 6.03. The lowest BCUT2D eigenvalue weighted by atomic mass is 10.0. The van der Waals surface area contributed by atoms with Gasteiger partial charge in [0, 0.05) is 12.1 Å². The molecule has 7 heteroatoms. The molecule has 2 rings (SSSR count). The Morgan fingerprint density at radius 3 is 2.48 bits per heavy atom.